The average molecular weight is 312 g/mol. The van der Waals surface area contributed by atoms with Crippen molar-refractivity contribution >= 4 is 0 Å². The third kappa shape index (κ3) is 3.11. The van der Waals surface area contributed by atoms with Crippen LogP contribution in [0.25, 0.3) is 0 Å². The van der Waals surface area contributed by atoms with Gasteiger partial charge in [-0.2, -0.15) is 0 Å². The van der Waals surface area contributed by atoms with Gasteiger partial charge in [0.15, 0.2) is 0 Å². The first kappa shape index (κ1) is 16.4. The average Bonchev–Trinajstić information content (AvgIpc) is 2.87. The van der Waals surface area contributed by atoms with E-state index in [0.29, 0.717) is 5.56 Å². The van der Waals surface area contributed by atoms with Gasteiger partial charge in [0.05, 0.1) is 19.3 Å². The van der Waals surface area contributed by atoms with Gasteiger partial charge in [0.2, 0.25) is 0 Å². The predicted molar refractivity (Wildman–Crippen MR) is 75.1 cm³/mol. The molecule has 2 rings (SSSR count). The van der Waals surface area contributed by atoms with Crippen LogP contribution in [0.2, 0.25) is 0 Å². The van der Waals surface area contributed by atoms with Gasteiger partial charge in [-0.05, 0) is 6.92 Å². The first-order chi connectivity index (χ1) is 10.5. The van der Waals surface area contributed by atoms with E-state index in [4.69, 9.17) is 9.84 Å². The minimum atomic E-state index is -0.895. The maximum Gasteiger partial charge on any atom is 0.333 e. The summed E-state index contributed by atoms with van der Waals surface area (Å²) in [6, 6.07) is 0. The Kier molecular flexibility index (Phi) is 5.13. The fourth-order valence-electron chi connectivity index (χ4n) is 2.34. The molecule has 0 bridgehead atoms. The number of hydrogen-bond donors (Lipinski definition) is 2. The number of nitrogens with zero attached hydrogens (tertiary/aromatic N) is 2. The summed E-state index contributed by atoms with van der Waals surface area (Å²) in [7, 11) is 0. The molecule has 0 unspecified atom stereocenters. The lowest BCUT2D eigenvalue weighted by molar-refractivity contribution is -0.0463. The summed E-state index contributed by atoms with van der Waals surface area (Å²) in [5.74, 6) is 4.56. The Hall–Kier alpha value is -1.95. The zero-order chi connectivity index (χ0) is 16.3. The van der Waals surface area contributed by atoms with E-state index in [-0.39, 0.29) is 19.6 Å². The van der Waals surface area contributed by atoms with Gasteiger partial charge >= 0.3 is 5.69 Å². The standard InChI is InChI=1S/C14H17FN2O5/c1-9-7-17(12-6-10(19)11(8-18)22-12)14(21)16(13(9)20)5-3-2-4-15/h7,10-12,18-19H,4-6,8H2,1H3/t10-,11+,12+/m0/s1. The Bertz CT molecular complexity index is 715. The number of alkyl halides is 1. The normalized spacial score (nSPS) is 24.1. The maximum atomic E-state index is 12.4. The molecule has 1 aromatic rings. The number of aromatic nitrogens is 2. The summed E-state index contributed by atoms with van der Waals surface area (Å²) < 4.78 is 19.5. The second-order valence-corrected chi connectivity index (χ2v) is 5.00. The highest BCUT2D eigenvalue weighted by Crippen LogP contribution is 2.27. The van der Waals surface area contributed by atoms with Crippen LogP contribution in [0.1, 0.15) is 18.2 Å². The SMILES string of the molecule is Cc1cn([C@H]2C[C@H](O)[C@@H](CO)O2)c(=O)n(CC#CCF)c1=O. The van der Waals surface area contributed by atoms with Crippen molar-refractivity contribution in [3.05, 3.63) is 32.6 Å². The third-order valence-corrected chi connectivity index (χ3v) is 3.49. The van der Waals surface area contributed by atoms with E-state index in [0.717, 1.165) is 4.57 Å². The molecular weight excluding hydrogens is 295 g/mol. The fraction of sp³-hybridized carbons (Fsp3) is 0.571. The molecule has 7 nitrogen and oxygen atoms in total. The lowest BCUT2D eigenvalue weighted by Crippen LogP contribution is -2.42. The van der Waals surface area contributed by atoms with Crippen molar-refractivity contribution in [2.45, 2.75) is 38.3 Å². The monoisotopic (exact) mass is 312 g/mol. The van der Waals surface area contributed by atoms with E-state index >= 15 is 0 Å². The Morgan fingerprint density at radius 2 is 2.18 bits per heavy atom. The quantitative estimate of drug-likeness (QED) is 0.693. The molecule has 1 saturated heterocycles. The van der Waals surface area contributed by atoms with Crippen LogP contribution < -0.4 is 11.2 Å². The molecule has 0 spiro atoms. The molecule has 22 heavy (non-hydrogen) atoms. The minimum Gasteiger partial charge on any atom is -0.394 e. The van der Waals surface area contributed by atoms with E-state index in [9.17, 15) is 19.1 Å². The van der Waals surface area contributed by atoms with Crippen LogP contribution in [-0.4, -0.2) is 44.8 Å². The van der Waals surface area contributed by atoms with Crippen molar-refractivity contribution in [2.75, 3.05) is 13.3 Å². The molecule has 1 aromatic heterocycles. The molecular formula is C14H17FN2O5. The van der Waals surface area contributed by atoms with Crippen LogP contribution in [-0.2, 0) is 11.3 Å². The van der Waals surface area contributed by atoms with Crippen LogP contribution in [0.3, 0.4) is 0 Å². The van der Waals surface area contributed by atoms with Crippen molar-refractivity contribution in [2.24, 2.45) is 0 Å². The van der Waals surface area contributed by atoms with E-state index in [1.165, 1.54) is 17.7 Å². The Morgan fingerprint density at radius 3 is 2.77 bits per heavy atom. The van der Waals surface area contributed by atoms with E-state index in [2.05, 4.69) is 11.8 Å². The number of aliphatic hydroxyl groups excluding tert-OH is 2. The summed E-state index contributed by atoms with van der Waals surface area (Å²) in [4.78, 5) is 24.4. The van der Waals surface area contributed by atoms with E-state index in [1.807, 2.05) is 0 Å². The van der Waals surface area contributed by atoms with Crippen LogP contribution in [0.15, 0.2) is 15.8 Å². The molecule has 0 saturated carbocycles. The van der Waals surface area contributed by atoms with Gasteiger partial charge in [-0.15, -0.1) is 0 Å². The van der Waals surface area contributed by atoms with Gasteiger partial charge in [-0.25, -0.2) is 13.8 Å². The van der Waals surface area contributed by atoms with Crippen molar-refractivity contribution in [3.8, 4) is 11.8 Å². The Morgan fingerprint density at radius 1 is 1.45 bits per heavy atom. The molecule has 120 valence electrons. The summed E-state index contributed by atoms with van der Waals surface area (Å²) in [6.07, 6.45) is -0.975. The smallest absolute Gasteiger partial charge is 0.333 e. The van der Waals surface area contributed by atoms with Crippen molar-refractivity contribution < 1.29 is 19.3 Å². The fourth-order valence-corrected chi connectivity index (χ4v) is 2.34. The third-order valence-electron chi connectivity index (χ3n) is 3.49. The largest absolute Gasteiger partial charge is 0.394 e. The number of aliphatic hydroxyl groups is 2. The number of hydrogen-bond acceptors (Lipinski definition) is 5. The van der Waals surface area contributed by atoms with E-state index < -0.39 is 36.4 Å². The van der Waals surface area contributed by atoms with Gasteiger partial charge in [0.25, 0.3) is 5.56 Å². The Labute approximate surface area is 125 Å². The predicted octanol–water partition coefficient (Wildman–Crippen LogP) is -1.07. The summed E-state index contributed by atoms with van der Waals surface area (Å²) in [6.45, 7) is 0.0894. The number of rotatable bonds is 3. The highest BCUT2D eigenvalue weighted by atomic mass is 19.1. The van der Waals surface area contributed by atoms with Crippen molar-refractivity contribution in [3.63, 3.8) is 0 Å². The van der Waals surface area contributed by atoms with Crippen LogP contribution >= 0.6 is 0 Å². The molecule has 0 aliphatic carbocycles. The molecule has 0 amide bonds. The van der Waals surface area contributed by atoms with Gasteiger partial charge in [0, 0.05) is 18.2 Å². The molecule has 2 N–H and O–H groups in total. The number of halogens is 1. The molecule has 1 aliphatic heterocycles. The van der Waals surface area contributed by atoms with Crippen LogP contribution in [0.5, 0.6) is 0 Å². The van der Waals surface area contributed by atoms with Gasteiger partial charge in [-0.1, -0.05) is 11.8 Å². The Balaban J connectivity index is 2.41. The first-order valence-corrected chi connectivity index (χ1v) is 6.78. The number of aryl methyl sites for hydroxylation is 1. The molecule has 0 radical (unpaired) electrons. The second kappa shape index (κ2) is 6.87. The molecule has 0 aromatic carbocycles. The van der Waals surface area contributed by atoms with E-state index in [1.54, 1.807) is 0 Å². The highest BCUT2D eigenvalue weighted by molar-refractivity contribution is 5.07. The van der Waals surface area contributed by atoms with Gasteiger partial charge in [0.1, 0.15) is 19.0 Å². The minimum absolute atomic E-state index is 0.124. The molecule has 1 aliphatic rings. The van der Waals surface area contributed by atoms with Gasteiger partial charge < -0.3 is 14.9 Å². The summed E-state index contributed by atoms with van der Waals surface area (Å²) in [5, 5.41) is 18.8. The zero-order valence-corrected chi connectivity index (χ0v) is 12.0. The zero-order valence-electron chi connectivity index (χ0n) is 12.0. The first-order valence-electron chi connectivity index (χ1n) is 6.78. The summed E-state index contributed by atoms with van der Waals surface area (Å²) >= 11 is 0. The number of ether oxygens (including phenoxy) is 1. The summed E-state index contributed by atoms with van der Waals surface area (Å²) in [5.41, 5.74) is -0.863. The molecule has 3 atom stereocenters. The van der Waals surface area contributed by atoms with Crippen molar-refractivity contribution in [1.82, 2.24) is 9.13 Å². The topological polar surface area (TPSA) is 93.7 Å². The molecule has 8 heteroatoms. The molecule has 1 fully saturated rings. The van der Waals surface area contributed by atoms with Crippen molar-refractivity contribution in [1.29, 1.82) is 0 Å². The van der Waals surface area contributed by atoms with Gasteiger partial charge in [-0.3, -0.25) is 9.36 Å². The van der Waals surface area contributed by atoms with Crippen LogP contribution in [0, 0.1) is 18.8 Å². The lowest BCUT2D eigenvalue weighted by atomic mass is 10.2. The molecule has 2 heterocycles. The highest BCUT2D eigenvalue weighted by Gasteiger charge is 2.35. The van der Waals surface area contributed by atoms with Crippen LogP contribution in [0.4, 0.5) is 4.39 Å². The maximum absolute atomic E-state index is 12.4. The lowest BCUT2D eigenvalue weighted by Gasteiger charge is -2.16. The second-order valence-electron chi connectivity index (χ2n) is 5.00.